The third-order valence-electron chi connectivity index (χ3n) is 7.61. The van der Waals surface area contributed by atoms with Gasteiger partial charge >= 0.3 is 24.7 Å². The van der Waals surface area contributed by atoms with E-state index in [2.05, 4.69) is 0 Å². The first-order valence-corrected chi connectivity index (χ1v) is 13.6. The second kappa shape index (κ2) is 12.7. The molecule has 4 aromatic rings. The minimum atomic E-state index is -5.53. The standard InChI is InChI=1S/2C17H14F6/c1-11-3-7-13(8-4-11)15(16(18,19)20,17(21,22)23)14-9-5-12(2)6-10-14;1-11-6-8-13(9-7-11)15(16(18,19)20,17(21,22)23)14-5-3-4-12(2)10-14/h2*3-10H,1-2H3. The van der Waals surface area contributed by atoms with Crippen LogP contribution in [0.1, 0.15) is 44.5 Å². The molecule has 0 fully saturated rings. The van der Waals surface area contributed by atoms with E-state index in [0.29, 0.717) is 22.3 Å². The third kappa shape index (κ3) is 6.62. The molecule has 0 heterocycles. The number of rotatable bonds is 4. The Morgan fingerprint density at radius 3 is 0.804 bits per heavy atom. The number of aryl methyl sites for hydroxylation is 4. The lowest BCUT2D eigenvalue weighted by molar-refractivity contribution is -0.290. The fourth-order valence-corrected chi connectivity index (χ4v) is 5.25. The summed E-state index contributed by atoms with van der Waals surface area (Å²) in [6.45, 7) is 6.24. The largest absolute Gasteiger partial charge is 0.411 e. The van der Waals surface area contributed by atoms with E-state index >= 15 is 0 Å². The molecule has 46 heavy (non-hydrogen) atoms. The van der Waals surface area contributed by atoms with E-state index in [1.165, 1.54) is 55.5 Å². The Kier molecular flexibility index (Phi) is 10.1. The van der Waals surface area contributed by atoms with E-state index in [9.17, 15) is 52.7 Å². The quantitative estimate of drug-likeness (QED) is 0.191. The number of hydrogen-bond donors (Lipinski definition) is 0. The van der Waals surface area contributed by atoms with Gasteiger partial charge in [-0.05, 0) is 49.9 Å². The van der Waals surface area contributed by atoms with Crippen molar-refractivity contribution in [2.75, 3.05) is 0 Å². The molecular weight excluding hydrogens is 636 g/mol. The predicted molar refractivity (Wildman–Crippen MR) is 150 cm³/mol. The van der Waals surface area contributed by atoms with Crippen molar-refractivity contribution >= 4 is 0 Å². The van der Waals surface area contributed by atoms with Crippen LogP contribution < -0.4 is 0 Å². The van der Waals surface area contributed by atoms with Gasteiger partial charge in [-0.3, -0.25) is 0 Å². The van der Waals surface area contributed by atoms with Crippen LogP contribution in [-0.4, -0.2) is 24.7 Å². The van der Waals surface area contributed by atoms with Crippen LogP contribution in [0.2, 0.25) is 0 Å². The first-order valence-electron chi connectivity index (χ1n) is 13.6. The van der Waals surface area contributed by atoms with Crippen molar-refractivity contribution in [3.8, 4) is 0 Å². The van der Waals surface area contributed by atoms with Gasteiger partial charge in [0, 0.05) is 0 Å². The van der Waals surface area contributed by atoms with Crippen LogP contribution in [-0.2, 0) is 10.8 Å². The summed E-state index contributed by atoms with van der Waals surface area (Å²) in [5.74, 6) is 0. The topological polar surface area (TPSA) is 0 Å². The summed E-state index contributed by atoms with van der Waals surface area (Å²) >= 11 is 0. The monoisotopic (exact) mass is 664 g/mol. The van der Waals surface area contributed by atoms with Crippen LogP contribution in [0.4, 0.5) is 52.7 Å². The van der Waals surface area contributed by atoms with Crippen molar-refractivity contribution in [2.45, 2.75) is 63.2 Å². The summed E-state index contributed by atoms with van der Waals surface area (Å²) in [6.07, 6.45) is -22.1. The van der Waals surface area contributed by atoms with Gasteiger partial charge in [-0.1, -0.05) is 119 Å². The molecule has 0 aliphatic heterocycles. The fourth-order valence-electron chi connectivity index (χ4n) is 5.25. The number of halogens is 12. The van der Waals surface area contributed by atoms with Crippen molar-refractivity contribution in [3.05, 3.63) is 142 Å². The molecule has 0 bridgehead atoms. The molecule has 0 amide bonds. The molecule has 0 aliphatic carbocycles. The van der Waals surface area contributed by atoms with E-state index in [1.807, 2.05) is 0 Å². The Hall–Kier alpha value is -3.96. The van der Waals surface area contributed by atoms with Crippen LogP contribution in [0, 0.1) is 27.7 Å². The predicted octanol–water partition coefficient (Wildman–Crippen LogP) is 11.4. The highest BCUT2D eigenvalue weighted by atomic mass is 19.4. The highest BCUT2D eigenvalue weighted by Gasteiger charge is 2.73. The SMILES string of the molecule is Cc1ccc(C(c2ccc(C)cc2)(C(F)(F)F)C(F)(F)F)cc1.Cc1ccc(C(c2cccc(C)c2)(C(F)(F)F)C(F)(F)F)cc1. The molecule has 0 radical (unpaired) electrons. The summed E-state index contributed by atoms with van der Waals surface area (Å²) in [4.78, 5) is 0. The van der Waals surface area contributed by atoms with E-state index in [1.54, 1.807) is 20.8 Å². The normalized spacial score (nSPS) is 13.2. The van der Waals surface area contributed by atoms with Gasteiger partial charge in [0.25, 0.3) is 0 Å². The summed E-state index contributed by atoms with van der Waals surface area (Å²) in [5.41, 5.74) is -9.40. The van der Waals surface area contributed by atoms with Crippen molar-refractivity contribution < 1.29 is 52.7 Å². The maximum absolute atomic E-state index is 13.8. The minimum absolute atomic E-state index is 0.326. The van der Waals surface area contributed by atoms with E-state index in [-0.39, 0.29) is 0 Å². The van der Waals surface area contributed by atoms with Gasteiger partial charge in [0.2, 0.25) is 10.8 Å². The highest BCUT2D eigenvalue weighted by molar-refractivity contribution is 5.47. The molecule has 0 aliphatic rings. The van der Waals surface area contributed by atoms with E-state index in [4.69, 9.17) is 0 Å². The lowest BCUT2D eigenvalue weighted by atomic mass is 9.72. The van der Waals surface area contributed by atoms with Crippen LogP contribution >= 0.6 is 0 Å². The molecule has 4 rings (SSSR count). The Balaban J connectivity index is 0.000000250. The summed E-state index contributed by atoms with van der Waals surface area (Å²) in [7, 11) is 0. The molecule has 0 spiro atoms. The maximum atomic E-state index is 13.8. The van der Waals surface area contributed by atoms with Gasteiger partial charge in [-0.25, -0.2) is 0 Å². The summed E-state index contributed by atoms with van der Waals surface area (Å²) < 4.78 is 165. The van der Waals surface area contributed by atoms with Gasteiger partial charge in [-0.2, -0.15) is 52.7 Å². The summed E-state index contributed by atoms with van der Waals surface area (Å²) in [6, 6.07) is 17.2. The first-order chi connectivity index (χ1) is 21.0. The van der Waals surface area contributed by atoms with Gasteiger partial charge < -0.3 is 0 Å². The highest BCUT2D eigenvalue weighted by Crippen LogP contribution is 2.57. The minimum Gasteiger partial charge on any atom is -0.169 e. The zero-order valence-corrected chi connectivity index (χ0v) is 24.8. The second-order valence-corrected chi connectivity index (χ2v) is 11.0. The third-order valence-corrected chi connectivity index (χ3v) is 7.61. The van der Waals surface area contributed by atoms with Gasteiger partial charge in [-0.15, -0.1) is 0 Å². The molecule has 4 aromatic carbocycles. The molecule has 0 N–H and O–H groups in total. The van der Waals surface area contributed by atoms with Crippen molar-refractivity contribution in [3.63, 3.8) is 0 Å². The van der Waals surface area contributed by atoms with Crippen LogP contribution in [0.15, 0.2) is 97.1 Å². The van der Waals surface area contributed by atoms with Crippen LogP contribution in [0.5, 0.6) is 0 Å². The number of hydrogen-bond acceptors (Lipinski definition) is 0. The Bertz CT molecular complexity index is 1510. The number of alkyl halides is 12. The first kappa shape index (κ1) is 36.5. The Labute approximate surface area is 257 Å². The van der Waals surface area contributed by atoms with Crippen LogP contribution in [0.3, 0.4) is 0 Å². The average Bonchev–Trinajstić information content (AvgIpc) is 2.90. The smallest absolute Gasteiger partial charge is 0.169 e. The molecule has 0 saturated carbocycles. The van der Waals surface area contributed by atoms with Crippen molar-refractivity contribution in [1.82, 2.24) is 0 Å². The number of benzene rings is 4. The van der Waals surface area contributed by atoms with Crippen LogP contribution in [0.25, 0.3) is 0 Å². The molecule has 0 nitrogen and oxygen atoms in total. The zero-order chi connectivity index (χ0) is 34.9. The van der Waals surface area contributed by atoms with Crippen molar-refractivity contribution in [1.29, 1.82) is 0 Å². The van der Waals surface area contributed by atoms with Gasteiger partial charge in [0.1, 0.15) is 0 Å². The van der Waals surface area contributed by atoms with E-state index in [0.717, 1.165) is 48.5 Å². The molecular formula is C34H28F12. The van der Waals surface area contributed by atoms with Gasteiger partial charge in [0.05, 0.1) is 0 Å². The zero-order valence-electron chi connectivity index (χ0n) is 24.8. The molecule has 12 heteroatoms. The molecule has 0 unspecified atom stereocenters. The Morgan fingerprint density at radius 1 is 0.304 bits per heavy atom. The molecule has 0 aromatic heterocycles. The van der Waals surface area contributed by atoms with Gasteiger partial charge in [0.15, 0.2) is 0 Å². The maximum Gasteiger partial charge on any atom is 0.411 e. The fraction of sp³-hybridized carbons (Fsp3) is 0.294. The van der Waals surface area contributed by atoms with E-state index < -0.39 is 57.8 Å². The summed E-state index contributed by atoms with van der Waals surface area (Å²) in [5, 5.41) is 0. The molecule has 0 saturated heterocycles. The lowest BCUT2D eigenvalue weighted by Gasteiger charge is -2.38. The van der Waals surface area contributed by atoms with Crippen molar-refractivity contribution in [2.24, 2.45) is 0 Å². The second-order valence-electron chi connectivity index (χ2n) is 11.0. The Morgan fingerprint density at radius 2 is 0.565 bits per heavy atom. The molecule has 0 atom stereocenters. The lowest BCUT2D eigenvalue weighted by Crippen LogP contribution is -2.54. The average molecular weight is 665 g/mol. The molecule has 248 valence electrons.